The number of fused-ring (bicyclic) bond motifs is 1. The van der Waals surface area contributed by atoms with E-state index in [0.29, 0.717) is 31.1 Å². The third kappa shape index (κ3) is 5.82. The highest BCUT2D eigenvalue weighted by atomic mass is 79.9. The molecule has 1 aliphatic carbocycles. The normalized spacial score (nSPS) is 14.4. The first-order chi connectivity index (χ1) is 16.0. The second kappa shape index (κ2) is 11.0. The Kier molecular flexibility index (Phi) is 7.81. The summed E-state index contributed by atoms with van der Waals surface area (Å²) >= 11 is 3.40. The first kappa shape index (κ1) is 23.5. The van der Waals surface area contributed by atoms with Crippen molar-refractivity contribution >= 4 is 38.8 Å². The molecule has 0 spiro atoms. The molecular weight excluding hydrogens is 480 g/mol. The Labute approximate surface area is 203 Å². The molecule has 0 unspecified atom stereocenters. The van der Waals surface area contributed by atoms with E-state index < -0.39 is 0 Å². The SMILES string of the molecule is CN(C(=O)Cn1c(CCCNC(=O)c2cccc(Br)c2)nc2ccccc21)C1CCCCC1. The summed E-state index contributed by atoms with van der Waals surface area (Å²) in [6, 6.07) is 15.7. The van der Waals surface area contributed by atoms with Crippen molar-refractivity contribution in [1.82, 2.24) is 19.8 Å². The lowest BCUT2D eigenvalue weighted by Gasteiger charge is -2.31. The number of nitrogens with zero attached hydrogens (tertiary/aromatic N) is 3. The van der Waals surface area contributed by atoms with Gasteiger partial charge in [0.2, 0.25) is 5.91 Å². The maximum Gasteiger partial charge on any atom is 0.251 e. The fourth-order valence-electron chi connectivity index (χ4n) is 4.59. The van der Waals surface area contributed by atoms with E-state index in [1.165, 1.54) is 19.3 Å². The second-order valence-corrected chi connectivity index (χ2v) is 9.68. The molecule has 1 N–H and O–H groups in total. The predicted molar refractivity (Wildman–Crippen MR) is 134 cm³/mol. The molecule has 4 rings (SSSR count). The molecule has 1 aromatic heterocycles. The number of carbonyl (C=O) groups is 2. The van der Waals surface area contributed by atoms with Crippen LogP contribution >= 0.6 is 15.9 Å². The van der Waals surface area contributed by atoms with Crippen LogP contribution in [-0.4, -0.2) is 45.9 Å². The van der Waals surface area contributed by atoms with E-state index in [2.05, 4.69) is 21.2 Å². The molecule has 2 amide bonds. The fraction of sp³-hybridized carbons (Fsp3) is 0.423. The van der Waals surface area contributed by atoms with Crippen molar-refractivity contribution in [2.45, 2.75) is 57.5 Å². The van der Waals surface area contributed by atoms with Crippen LogP contribution in [0.5, 0.6) is 0 Å². The first-order valence-electron chi connectivity index (χ1n) is 11.8. The molecule has 0 bridgehead atoms. The highest BCUT2D eigenvalue weighted by Gasteiger charge is 2.23. The lowest BCUT2D eigenvalue weighted by atomic mass is 9.94. The Morgan fingerprint density at radius 1 is 1.12 bits per heavy atom. The summed E-state index contributed by atoms with van der Waals surface area (Å²) in [6.45, 7) is 0.845. The van der Waals surface area contributed by atoms with Gasteiger partial charge >= 0.3 is 0 Å². The average Bonchev–Trinajstić information content (AvgIpc) is 3.18. The number of imidazole rings is 1. The van der Waals surface area contributed by atoms with E-state index >= 15 is 0 Å². The molecule has 0 saturated heterocycles. The third-order valence-electron chi connectivity index (χ3n) is 6.49. The van der Waals surface area contributed by atoms with Crippen molar-refractivity contribution < 1.29 is 9.59 Å². The van der Waals surface area contributed by atoms with E-state index in [1.807, 2.05) is 59.0 Å². The summed E-state index contributed by atoms with van der Waals surface area (Å²) in [6.07, 6.45) is 7.30. The Bertz CT molecular complexity index is 1120. The zero-order valence-corrected chi connectivity index (χ0v) is 20.7. The molecular formula is C26H31BrN4O2. The van der Waals surface area contributed by atoms with Crippen LogP contribution in [0.2, 0.25) is 0 Å². The van der Waals surface area contributed by atoms with Gasteiger partial charge in [0.1, 0.15) is 12.4 Å². The minimum atomic E-state index is -0.0888. The van der Waals surface area contributed by atoms with Gasteiger partial charge in [-0.15, -0.1) is 0 Å². The van der Waals surface area contributed by atoms with Crippen molar-refractivity contribution in [1.29, 1.82) is 0 Å². The van der Waals surface area contributed by atoms with Gasteiger partial charge in [-0.1, -0.05) is 53.4 Å². The molecule has 1 fully saturated rings. The van der Waals surface area contributed by atoms with Crippen molar-refractivity contribution in [2.75, 3.05) is 13.6 Å². The van der Waals surface area contributed by atoms with Gasteiger partial charge in [0.05, 0.1) is 11.0 Å². The average molecular weight is 511 g/mol. The van der Waals surface area contributed by atoms with Gasteiger partial charge in [-0.2, -0.15) is 0 Å². The van der Waals surface area contributed by atoms with E-state index in [4.69, 9.17) is 4.98 Å². The standard InChI is InChI=1S/C26H31BrN4O2/c1-30(21-11-3-2-4-12-21)25(32)18-31-23-14-6-5-13-22(23)29-24(31)15-8-16-28-26(33)19-9-7-10-20(27)17-19/h5-7,9-10,13-14,17,21H,2-4,8,11-12,15-16,18H2,1H3,(H,28,33). The van der Waals surface area contributed by atoms with Crippen LogP contribution in [0.1, 0.15) is 54.7 Å². The number of benzene rings is 2. The van der Waals surface area contributed by atoms with Crippen molar-refractivity contribution in [3.8, 4) is 0 Å². The summed E-state index contributed by atoms with van der Waals surface area (Å²) in [4.78, 5) is 32.2. The molecule has 33 heavy (non-hydrogen) atoms. The van der Waals surface area contributed by atoms with Gasteiger partial charge in [0.15, 0.2) is 0 Å². The largest absolute Gasteiger partial charge is 0.352 e. The van der Waals surface area contributed by atoms with Gasteiger partial charge < -0.3 is 14.8 Å². The number of hydrogen-bond acceptors (Lipinski definition) is 3. The summed E-state index contributed by atoms with van der Waals surface area (Å²) < 4.78 is 2.93. The summed E-state index contributed by atoms with van der Waals surface area (Å²) in [5, 5.41) is 2.98. The Morgan fingerprint density at radius 3 is 2.70 bits per heavy atom. The van der Waals surface area contributed by atoms with Crippen LogP contribution in [0.3, 0.4) is 0 Å². The lowest BCUT2D eigenvalue weighted by molar-refractivity contribution is -0.133. The van der Waals surface area contributed by atoms with Crippen LogP contribution in [0, 0.1) is 0 Å². The smallest absolute Gasteiger partial charge is 0.251 e. The van der Waals surface area contributed by atoms with Gasteiger partial charge in [0, 0.05) is 36.1 Å². The van der Waals surface area contributed by atoms with Crippen molar-refractivity contribution in [3.63, 3.8) is 0 Å². The molecule has 2 aromatic carbocycles. The lowest BCUT2D eigenvalue weighted by Crippen LogP contribution is -2.40. The number of carbonyl (C=O) groups excluding carboxylic acids is 2. The van der Waals surface area contributed by atoms with Crippen molar-refractivity contribution in [2.24, 2.45) is 0 Å². The number of rotatable bonds is 8. The summed E-state index contributed by atoms with van der Waals surface area (Å²) in [5.74, 6) is 0.932. The quantitative estimate of drug-likeness (QED) is 0.435. The number of nitrogens with one attached hydrogen (secondary N) is 1. The molecule has 0 radical (unpaired) electrons. The molecule has 3 aromatic rings. The number of amides is 2. The number of likely N-dealkylation sites (N-methyl/N-ethyl adjacent to an activating group) is 1. The minimum absolute atomic E-state index is 0.0888. The minimum Gasteiger partial charge on any atom is -0.352 e. The first-order valence-corrected chi connectivity index (χ1v) is 12.6. The molecule has 0 atom stereocenters. The van der Waals surface area contributed by atoms with E-state index in [9.17, 15) is 9.59 Å². The molecule has 1 heterocycles. The molecule has 7 heteroatoms. The van der Waals surface area contributed by atoms with Gasteiger partial charge in [0.25, 0.3) is 5.91 Å². The Balaban J connectivity index is 1.40. The molecule has 1 aliphatic rings. The number of aryl methyl sites for hydroxylation is 1. The monoisotopic (exact) mass is 510 g/mol. The zero-order valence-electron chi connectivity index (χ0n) is 19.1. The fourth-order valence-corrected chi connectivity index (χ4v) is 4.99. The van der Waals surface area contributed by atoms with Crippen LogP contribution in [0.15, 0.2) is 53.0 Å². The second-order valence-electron chi connectivity index (χ2n) is 8.77. The highest BCUT2D eigenvalue weighted by Crippen LogP contribution is 2.23. The van der Waals surface area contributed by atoms with Gasteiger partial charge in [-0.25, -0.2) is 4.98 Å². The van der Waals surface area contributed by atoms with Crippen molar-refractivity contribution in [3.05, 3.63) is 64.4 Å². The van der Waals surface area contributed by atoms with E-state index in [-0.39, 0.29) is 11.8 Å². The van der Waals surface area contributed by atoms with Crippen LogP contribution < -0.4 is 5.32 Å². The Hall–Kier alpha value is -2.67. The number of para-hydroxylation sites is 2. The summed E-state index contributed by atoms with van der Waals surface area (Å²) in [7, 11) is 1.94. The number of hydrogen-bond donors (Lipinski definition) is 1. The van der Waals surface area contributed by atoms with E-state index in [0.717, 1.165) is 40.6 Å². The van der Waals surface area contributed by atoms with Crippen LogP contribution in [0.25, 0.3) is 11.0 Å². The zero-order chi connectivity index (χ0) is 23.2. The molecule has 0 aliphatic heterocycles. The number of halogens is 1. The maximum atomic E-state index is 13.1. The number of aromatic nitrogens is 2. The van der Waals surface area contributed by atoms with Gasteiger partial charge in [-0.05, 0) is 49.6 Å². The molecule has 1 saturated carbocycles. The van der Waals surface area contributed by atoms with Crippen LogP contribution in [-0.2, 0) is 17.8 Å². The van der Waals surface area contributed by atoms with E-state index in [1.54, 1.807) is 6.07 Å². The Morgan fingerprint density at radius 2 is 1.91 bits per heavy atom. The van der Waals surface area contributed by atoms with Gasteiger partial charge in [-0.3, -0.25) is 9.59 Å². The van der Waals surface area contributed by atoms with Crippen LogP contribution in [0.4, 0.5) is 0 Å². The summed E-state index contributed by atoms with van der Waals surface area (Å²) in [5.41, 5.74) is 2.52. The topological polar surface area (TPSA) is 67.2 Å². The maximum absolute atomic E-state index is 13.1. The highest BCUT2D eigenvalue weighted by molar-refractivity contribution is 9.10. The molecule has 174 valence electrons. The molecule has 6 nitrogen and oxygen atoms in total. The predicted octanol–water partition coefficient (Wildman–Crippen LogP) is 4.95. The third-order valence-corrected chi connectivity index (χ3v) is 6.99.